The highest BCUT2D eigenvalue weighted by Crippen LogP contribution is 2.18. The second-order valence-electron chi connectivity index (χ2n) is 3.59. The molecule has 0 aromatic carbocycles. The molecule has 2 aromatic heterocycles. The molecule has 0 saturated heterocycles. The van der Waals surface area contributed by atoms with Gasteiger partial charge in [-0.05, 0) is 30.6 Å². The van der Waals surface area contributed by atoms with Gasteiger partial charge in [0.05, 0.1) is 6.04 Å². The van der Waals surface area contributed by atoms with Crippen LogP contribution in [0.2, 0.25) is 0 Å². The first kappa shape index (κ1) is 12.1. The number of nitrogens with zero attached hydrogens (tertiary/aromatic N) is 3. The predicted octanol–water partition coefficient (Wildman–Crippen LogP) is 1.88. The Bertz CT molecular complexity index is 460. The van der Waals surface area contributed by atoms with E-state index in [4.69, 9.17) is 10.3 Å². The first-order chi connectivity index (χ1) is 8.31. The third kappa shape index (κ3) is 3.04. The SMILES string of the molecule is CSCCC(N)c1nc(-c2cccnc2)no1. The minimum absolute atomic E-state index is 0.194. The van der Waals surface area contributed by atoms with Gasteiger partial charge in [0.15, 0.2) is 0 Å². The van der Waals surface area contributed by atoms with E-state index in [1.54, 1.807) is 24.2 Å². The Labute approximate surface area is 104 Å². The van der Waals surface area contributed by atoms with Crippen LogP contribution >= 0.6 is 11.8 Å². The minimum Gasteiger partial charge on any atom is -0.337 e. The number of rotatable bonds is 5. The zero-order chi connectivity index (χ0) is 12.1. The highest BCUT2D eigenvalue weighted by molar-refractivity contribution is 7.98. The van der Waals surface area contributed by atoms with E-state index in [0.29, 0.717) is 11.7 Å². The van der Waals surface area contributed by atoms with Gasteiger partial charge in [-0.2, -0.15) is 16.7 Å². The van der Waals surface area contributed by atoms with E-state index in [1.165, 1.54) is 0 Å². The van der Waals surface area contributed by atoms with Crippen LogP contribution in [0.4, 0.5) is 0 Å². The normalized spacial score (nSPS) is 12.6. The molecule has 0 bridgehead atoms. The van der Waals surface area contributed by atoms with Crippen molar-refractivity contribution < 1.29 is 4.52 Å². The lowest BCUT2D eigenvalue weighted by Gasteiger charge is -2.03. The van der Waals surface area contributed by atoms with Gasteiger partial charge in [0.2, 0.25) is 11.7 Å². The molecule has 5 nitrogen and oxygen atoms in total. The molecule has 0 aliphatic carbocycles. The van der Waals surface area contributed by atoms with Crippen molar-refractivity contribution in [2.75, 3.05) is 12.0 Å². The fraction of sp³-hybridized carbons (Fsp3) is 0.364. The third-order valence-corrected chi connectivity index (χ3v) is 2.96. The van der Waals surface area contributed by atoms with Crippen LogP contribution in [0.25, 0.3) is 11.4 Å². The van der Waals surface area contributed by atoms with Crippen LogP contribution in [-0.2, 0) is 0 Å². The summed E-state index contributed by atoms with van der Waals surface area (Å²) >= 11 is 1.75. The molecule has 0 aliphatic rings. The van der Waals surface area contributed by atoms with Crippen LogP contribution in [-0.4, -0.2) is 27.1 Å². The highest BCUT2D eigenvalue weighted by Gasteiger charge is 2.15. The molecule has 0 radical (unpaired) electrons. The van der Waals surface area contributed by atoms with Gasteiger partial charge in [0, 0.05) is 18.0 Å². The zero-order valence-corrected chi connectivity index (χ0v) is 10.4. The second-order valence-corrected chi connectivity index (χ2v) is 4.57. The zero-order valence-electron chi connectivity index (χ0n) is 9.54. The Hall–Kier alpha value is -1.40. The van der Waals surface area contributed by atoms with Crippen molar-refractivity contribution in [3.63, 3.8) is 0 Å². The molecule has 2 aromatic rings. The topological polar surface area (TPSA) is 77.8 Å². The maximum atomic E-state index is 5.95. The van der Waals surface area contributed by atoms with Crippen LogP contribution in [0.15, 0.2) is 29.0 Å². The quantitative estimate of drug-likeness (QED) is 0.873. The molecule has 0 spiro atoms. The average molecular weight is 250 g/mol. The number of hydrogen-bond donors (Lipinski definition) is 1. The van der Waals surface area contributed by atoms with Gasteiger partial charge in [-0.25, -0.2) is 0 Å². The summed E-state index contributed by atoms with van der Waals surface area (Å²) in [5, 5.41) is 3.90. The standard InChI is InChI=1S/C11H14N4OS/c1-17-6-4-9(12)11-14-10(15-16-11)8-3-2-5-13-7-8/h2-3,5,7,9H,4,6,12H2,1H3. The Kier molecular flexibility index (Phi) is 4.11. The monoisotopic (exact) mass is 250 g/mol. The third-order valence-electron chi connectivity index (χ3n) is 2.31. The molecule has 2 N–H and O–H groups in total. The lowest BCUT2D eigenvalue weighted by atomic mass is 10.2. The Morgan fingerprint density at radius 1 is 1.53 bits per heavy atom. The molecule has 0 amide bonds. The van der Waals surface area contributed by atoms with E-state index in [-0.39, 0.29) is 6.04 Å². The molecule has 2 heterocycles. The average Bonchev–Trinajstić information content (AvgIpc) is 2.86. The summed E-state index contributed by atoms with van der Waals surface area (Å²) in [6.07, 6.45) is 6.27. The van der Waals surface area contributed by atoms with Gasteiger partial charge in [0.25, 0.3) is 0 Å². The molecule has 1 atom stereocenters. The van der Waals surface area contributed by atoms with Crippen molar-refractivity contribution in [1.29, 1.82) is 0 Å². The summed E-state index contributed by atoms with van der Waals surface area (Å²) in [6, 6.07) is 3.52. The maximum absolute atomic E-state index is 5.95. The molecule has 0 saturated carbocycles. The van der Waals surface area contributed by atoms with Crippen molar-refractivity contribution in [2.24, 2.45) is 5.73 Å². The van der Waals surface area contributed by atoms with E-state index in [0.717, 1.165) is 17.7 Å². The van der Waals surface area contributed by atoms with E-state index in [2.05, 4.69) is 15.1 Å². The van der Waals surface area contributed by atoms with Crippen molar-refractivity contribution in [3.8, 4) is 11.4 Å². The number of aromatic nitrogens is 3. The molecule has 2 rings (SSSR count). The fourth-order valence-electron chi connectivity index (χ4n) is 1.37. The van der Waals surface area contributed by atoms with Gasteiger partial charge in [0.1, 0.15) is 0 Å². The summed E-state index contributed by atoms with van der Waals surface area (Å²) in [5.41, 5.74) is 6.78. The van der Waals surface area contributed by atoms with Gasteiger partial charge in [-0.1, -0.05) is 5.16 Å². The lowest BCUT2D eigenvalue weighted by Crippen LogP contribution is -2.11. The molecule has 6 heteroatoms. The number of nitrogens with two attached hydrogens (primary N) is 1. The fourth-order valence-corrected chi connectivity index (χ4v) is 1.86. The van der Waals surface area contributed by atoms with Crippen molar-refractivity contribution >= 4 is 11.8 Å². The van der Waals surface area contributed by atoms with Crippen molar-refractivity contribution in [2.45, 2.75) is 12.5 Å². The molecular formula is C11H14N4OS. The van der Waals surface area contributed by atoms with E-state index >= 15 is 0 Å². The number of pyridine rings is 1. The second kappa shape index (κ2) is 5.79. The van der Waals surface area contributed by atoms with Crippen molar-refractivity contribution in [1.82, 2.24) is 15.1 Å². The van der Waals surface area contributed by atoms with Crippen LogP contribution in [0.5, 0.6) is 0 Å². The van der Waals surface area contributed by atoms with Gasteiger partial charge in [-0.3, -0.25) is 4.98 Å². The lowest BCUT2D eigenvalue weighted by molar-refractivity contribution is 0.353. The first-order valence-corrected chi connectivity index (χ1v) is 6.69. The Morgan fingerprint density at radius 2 is 2.41 bits per heavy atom. The summed E-state index contributed by atoms with van der Waals surface area (Å²) in [5.74, 6) is 2.00. The van der Waals surface area contributed by atoms with Gasteiger partial charge in [-0.15, -0.1) is 0 Å². The Morgan fingerprint density at radius 3 is 3.12 bits per heavy atom. The molecular weight excluding hydrogens is 236 g/mol. The molecule has 1 unspecified atom stereocenters. The molecule has 17 heavy (non-hydrogen) atoms. The molecule has 0 aliphatic heterocycles. The summed E-state index contributed by atoms with van der Waals surface area (Å²) in [4.78, 5) is 8.29. The maximum Gasteiger partial charge on any atom is 0.243 e. The number of thioether (sulfide) groups is 1. The van der Waals surface area contributed by atoms with Crippen molar-refractivity contribution in [3.05, 3.63) is 30.4 Å². The van der Waals surface area contributed by atoms with E-state index in [1.807, 2.05) is 18.4 Å². The Balaban J connectivity index is 2.11. The van der Waals surface area contributed by atoms with Crippen LogP contribution < -0.4 is 5.73 Å². The summed E-state index contributed by atoms with van der Waals surface area (Å²) in [7, 11) is 0. The van der Waals surface area contributed by atoms with Crippen LogP contribution in [0.1, 0.15) is 18.4 Å². The molecule has 90 valence electrons. The summed E-state index contributed by atoms with van der Waals surface area (Å²) < 4.78 is 5.15. The summed E-state index contributed by atoms with van der Waals surface area (Å²) in [6.45, 7) is 0. The predicted molar refractivity (Wildman–Crippen MR) is 67.5 cm³/mol. The van der Waals surface area contributed by atoms with Crippen LogP contribution in [0, 0.1) is 0 Å². The van der Waals surface area contributed by atoms with E-state index < -0.39 is 0 Å². The van der Waals surface area contributed by atoms with Crippen LogP contribution in [0.3, 0.4) is 0 Å². The smallest absolute Gasteiger partial charge is 0.243 e. The molecule has 0 fully saturated rings. The minimum atomic E-state index is -0.194. The first-order valence-electron chi connectivity index (χ1n) is 5.30. The van der Waals surface area contributed by atoms with Gasteiger partial charge < -0.3 is 10.3 Å². The van der Waals surface area contributed by atoms with Gasteiger partial charge >= 0.3 is 0 Å². The number of hydrogen-bond acceptors (Lipinski definition) is 6. The highest BCUT2D eigenvalue weighted by atomic mass is 32.2. The van der Waals surface area contributed by atoms with E-state index in [9.17, 15) is 0 Å². The largest absolute Gasteiger partial charge is 0.337 e.